The van der Waals surface area contributed by atoms with E-state index < -0.39 is 0 Å². The van der Waals surface area contributed by atoms with Crippen LogP contribution in [0.5, 0.6) is 0 Å². The molecule has 1 nitrogen and oxygen atoms in total. The molecule has 0 aliphatic heterocycles. The van der Waals surface area contributed by atoms with E-state index >= 15 is 0 Å². The van der Waals surface area contributed by atoms with Crippen molar-refractivity contribution in [2.75, 3.05) is 0 Å². The minimum absolute atomic E-state index is 0.154. The van der Waals surface area contributed by atoms with Crippen molar-refractivity contribution >= 4 is 15.9 Å². The summed E-state index contributed by atoms with van der Waals surface area (Å²) in [4.78, 5) is 4.62. The second-order valence-corrected chi connectivity index (χ2v) is 5.91. The lowest BCUT2D eigenvalue weighted by molar-refractivity contribution is 0.559. The van der Waals surface area contributed by atoms with Crippen LogP contribution in [-0.4, -0.2) is 4.98 Å². The van der Waals surface area contributed by atoms with Crippen molar-refractivity contribution in [3.05, 3.63) is 28.0 Å². The highest BCUT2D eigenvalue weighted by Gasteiger charge is 2.30. The molecule has 1 aliphatic carbocycles. The molecule has 0 spiro atoms. The zero-order chi connectivity index (χ0) is 10.3. The number of halogens is 1. The third-order valence-corrected chi connectivity index (χ3v) is 3.06. The fourth-order valence-corrected chi connectivity index (χ4v) is 2.08. The molecule has 76 valence electrons. The molecule has 1 fully saturated rings. The average molecular weight is 254 g/mol. The molecule has 2 heteroatoms. The van der Waals surface area contributed by atoms with E-state index in [1.54, 1.807) is 0 Å². The third kappa shape index (κ3) is 2.00. The molecule has 0 amide bonds. The SMILES string of the molecule is CC(C)(C)c1nc(Br)ccc1C1CC1. The Hall–Kier alpha value is -0.370. The zero-order valence-corrected chi connectivity index (χ0v) is 10.6. The monoisotopic (exact) mass is 253 g/mol. The smallest absolute Gasteiger partial charge is 0.106 e. The first kappa shape index (κ1) is 10.2. The molecule has 0 saturated heterocycles. The summed E-state index contributed by atoms with van der Waals surface area (Å²) in [6, 6.07) is 4.29. The highest BCUT2D eigenvalue weighted by atomic mass is 79.9. The molecule has 0 bridgehead atoms. The lowest BCUT2D eigenvalue weighted by atomic mass is 9.87. The maximum Gasteiger partial charge on any atom is 0.106 e. The van der Waals surface area contributed by atoms with Crippen LogP contribution in [0, 0.1) is 0 Å². The standard InChI is InChI=1S/C12H16BrN/c1-12(2,3)11-9(8-4-5-8)6-7-10(13)14-11/h6-8H,4-5H2,1-3H3. The lowest BCUT2D eigenvalue weighted by Gasteiger charge is -2.21. The minimum Gasteiger partial charge on any atom is -0.245 e. The van der Waals surface area contributed by atoms with Crippen LogP contribution >= 0.6 is 15.9 Å². The number of pyridine rings is 1. The van der Waals surface area contributed by atoms with Crippen molar-refractivity contribution in [2.24, 2.45) is 0 Å². The van der Waals surface area contributed by atoms with Gasteiger partial charge in [-0.05, 0) is 46.3 Å². The van der Waals surface area contributed by atoms with Gasteiger partial charge in [0.25, 0.3) is 0 Å². The first-order valence-corrected chi connectivity index (χ1v) is 5.95. The summed E-state index contributed by atoms with van der Waals surface area (Å²) in [5.74, 6) is 0.782. The predicted molar refractivity (Wildman–Crippen MR) is 62.6 cm³/mol. The van der Waals surface area contributed by atoms with Gasteiger partial charge in [-0.15, -0.1) is 0 Å². The van der Waals surface area contributed by atoms with Crippen LogP contribution in [0.3, 0.4) is 0 Å². The van der Waals surface area contributed by atoms with Crippen molar-refractivity contribution in [3.8, 4) is 0 Å². The van der Waals surface area contributed by atoms with E-state index in [0.717, 1.165) is 10.5 Å². The summed E-state index contributed by atoms with van der Waals surface area (Å²) in [7, 11) is 0. The van der Waals surface area contributed by atoms with Crippen molar-refractivity contribution in [3.63, 3.8) is 0 Å². The van der Waals surface area contributed by atoms with E-state index in [0.29, 0.717) is 0 Å². The van der Waals surface area contributed by atoms with Gasteiger partial charge in [-0.3, -0.25) is 0 Å². The van der Waals surface area contributed by atoms with Gasteiger partial charge in [-0.1, -0.05) is 26.8 Å². The van der Waals surface area contributed by atoms with E-state index in [1.165, 1.54) is 24.1 Å². The molecule has 1 heterocycles. The minimum atomic E-state index is 0.154. The lowest BCUT2D eigenvalue weighted by Crippen LogP contribution is -2.16. The molecule has 0 radical (unpaired) electrons. The molecule has 1 aromatic rings. The van der Waals surface area contributed by atoms with Crippen LogP contribution in [-0.2, 0) is 5.41 Å². The Bertz CT molecular complexity index is 348. The van der Waals surface area contributed by atoms with Crippen LogP contribution < -0.4 is 0 Å². The van der Waals surface area contributed by atoms with Gasteiger partial charge >= 0.3 is 0 Å². The van der Waals surface area contributed by atoms with Gasteiger partial charge < -0.3 is 0 Å². The zero-order valence-electron chi connectivity index (χ0n) is 8.97. The maximum atomic E-state index is 4.62. The molecule has 0 aromatic carbocycles. The number of nitrogens with zero attached hydrogens (tertiary/aromatic N) is 1. The number of aromatic nitrogens is 1. The van der Waals surface area contributed by atoms with Gasteiger partial charge in [-0.2, -0.15) is 0 Å². The van der Waals surface area contributed by atoms with E-state index in [4.69, 9.17) is 0 Å². The van der Waals surface area contributed by atoms with Gasteiger partial charge in [0, 0.05) is 5.41 Å². The molecule has 0 unspecified atom stereocenters. The Balaban J connectivity index is 2.48. The molecule has 1 saturated carbocycles. The first-order valence-electron chi connectivity index (χ1n) is 5.15. The maximum absolute atomic E-state index is 4.62. The molecule has 0 atom stereocenters. The normalized spacial score (nSPS) is 17.1. The first-order chi connectivity index (χ1) is 6.48. The summed E-state index contributed by atoms with van der Waals surface area (Å²) < 4.78 is 0.951. The second-order valence-electron chi connectivity index (χ2n) is 5.10. The van der Waals surface area contributed by atoms with E-state index in [1.807, 2.05) is 0 Å². The van der Waals surface area contributed by atoms with Crippen molar-refractivity contribution in [1.82, 2.24) is 4.98 Å². The molecule has 0 N–H and O–H groups in total. The number of hydrogen-bond acceptors (Lipinski definition) is 1. The fraction of sp³-hybridized carbons (Fsp3) is 0.583. The number of rotatable bonds is 1. The Morgan fingerprint density at radius 1 is 1.29 bits per heavy atom. The molecule has 1 aliphatic rings. The molecular weight excluding hydrogens is 238 g/mol. The molecule has 2 rings (SSSR count). The van der Waals surface area contributed by atoms with Crippen LogP contribution in [0.2, 0.25) is 0 Å². The Morgan fingerprint density at radius 2 is 1.93 bits per heavy atom. The van der Waals surface area contributed by atoms with Crippen LogP contribution in [0.25, 0.3) is 0 Å². The topological polar surface area (TPSA) is 12.9 Å². The van der Waals surface area contributed by atoms with Crippen LogP contribution in [0.1, 0.15) is 50.8 Å². The van der Waals surface area contributed by atoms with E-state index in [2.05, 4.69) is 53.8 Å². The summed E-state index contributed by atoms with van der Waals surface area (Å²) in [6.45, 7) is 6.69. The Kier molecular flexibility index (Phi) is 2.42. The van der Waals surface area contributed by atoms with Crippen molar-refractivity contribution in [2.45, 2.75) is 44.9 Å². The second kappa shape index (κ2) is 3.34. The van der Waals surface area contributed by atoms with E-state index in [9.17, 15) is 0 Å². The summed E-state index contributed by atoms with van der Waals surface area (Å²) in [5.41, 5.74) is 2.87. The largest absolute Gasteiger partial charge is 0.245 e. The predicted octanol–water partition coefficient (Wildman–Crippen LogP) is 4.02. The fourth-order valence-electron chi connectivity index (χ4n) is 1.77. The van der Waals surface area contributed by atoms with Gasteiger partial charge in [0.1, 0.15) is 4.60 Å². The quantitative estimate of drug-likeness (QED) is 0.690. The average Bonchev–Trinajstić information content (AvgIpc) is 2.85. The van der Waals surface area contributed by atoms with Crippen LogP contribution in [0.4, 0.5) is 0 Å². The number of hydrogen-bond donors (Lipinski definition) is 0. The van der Waals surface area contributed by atoms with Crippen molar-refractivity contribution < 1.29 is 0 Å². The van der Waals surface area contributed by atoms with Crippen LogP contribution in [0.15, 0.2) is 16.7 Å². The van der Waals surface area contributed by atoms with Gasteiger partial charge in [0.2, 0.25) is 0 Å². The molecule has 14 heavy (non-hydrogen) atoms. The van der Waals surface area contributed by atoms with Gasteiger partial charge in [0.05, 0.1) is 5.69 Å². The highest BCUT2D eigenvalue weighted by Crippen LogP contribution is 2.44. The molecule has 1 aromatic heterocycles. The van der Waals surface area contributed by atoms with E-state index in [-0.39, 0.29) is 5.41 Å². The Morgan fingerprint density at radius 3 is 2.43 bits per heavy atom. The summed E-state index contributed by atoms with van der Waals surface area (Å²) in [5, 5.41) is 0. The van der Waals surface area contributed by atoms with Gasteiger partial charge in [-0.25, -0.2) is 4.98 Å². The highest BCUT2D eigenvalue weighted by molar-refractivity contribution is 9.10. The Labute approximate surface area is 94.1 Å². The third-order valence-electron chi connectivity index (χ3n) is 2.62. The summed E-state index contributed by atoms with van der Waals surface area (Å²) in [6.07, 6.45) is 2.68. The van der Waals surface area contributed by atoms with Crippen molar-refractivity contribution in [1.29, 1.82) is 0 Å². The molecular formula is C12H16BrN. The van der Waals surface area contributed by atoms with Gasteiger partial charge in [0.15, 0.2) is 0 Å². The summed E-state index contributed by atoms with van der Waals surface area (Å²) >= 11 is 3.45.